The first-order valence-corrected chi connectivity index (χ1v) is 7.99. The normalized spacial score (nSPS) is 25.8. The molecule has 0 aromatic heterocycles. The Hall–Kier alpha value is -1.60. The number of benzene rings is 2. The highest BCUT2D eigenvalue weighted by atomic mass is 14.7. The van der Waals surface area contributed by atoms with Crippen LogP contribution in [0, 0.1) is 13.8 Å². The summed E-state index contributed by atoms with van der Waals surface area (Å²) in [6.45, 7) is 4.32. The van der Waals surface area contributed by atoms with Gasteiger partial charge in [0.05, 0.1) is 0 Å². The van der Waals surface area contributed by atoms with Gasteiger partial charge in [0, 0.05) is 5.54 Å². The molecule has 2 aromatic rings. The van der Waals surface area contributed by atoms with E-state index < -0.39 is 0 Å². The third-order valence-electron chi connectivity index (χ3n) is 4.95. The molecule has 0 spiro atoms. The van der Waals surface area contributed by atoms with E-state index in [1.54, 1.807) is 0 Å². The van der Waals surface area contributed by atoms with E-state index in [0.717, 1.165) is 12.8 Å². The van der Waals surface area contributed by atoms with Crippen molar-refractivity contribution in [3.63, 3.8) is 0 Å². The summed E-state index contributed by atoms with van der Waals surface area (Å²) in [5.74, 6) is 0.675. The van der Waals surface area contributed by atoms with Crippen LogP contribution < -0.4 is 5.73 Å². The number of nitrogens with two attached hydrogens (primary N) is 1. The monoisotopic (exact) mass is 279 g/mol. The van der Waals surface area contributed by atoms with E-state index >= 15 is 0 Å². The van der Waals surface area contributed by atoms with E-state index in [9.17, 15) is 0 Å². The van der Waals surface area contributed by atoms with Crippen LogP contribution >= 0.6 is 0 Å². The molecule has 0 amide bonds. The minimum absolute atomic E-state index is 0.137. The Kier molecular flexibility index (Phi) is 3.86. The van der Waals surface area contributed by atoms with E-state index in [2.05, 4.69) is 62.4 Å². The fourth-order valence-electron chi connectivity index (χ4n) is 3.74. The van der Waals surface area contributed by atoms with Crippen LogP contribution in [0.15, 0.2) is 48.5 Å². The summed E-state index contributed by atoms with van der Waals surface area (Å²) in [6.07, 6.45) is 4.53. The van der Waals surface area contributed by atoms with E-state index in [1.807, 2.05) is 0 Å². The highest BCUT2D eigenvalue weighted by Crippen LogP contribution is 2.42. The SMILES string of the molecule is Cc1cc(C)cc(C2(N)CCC(c3ccccc3)CC2)c1. The lowest BCUT2D eigenvalue weighted by molar-refractivity contribution is 0.277. The Balaban J connectivity index is 1.77. The third-order valence-corrected chi connectivity index (χ3v) is 4.95. The van der Waals surface area contributed by atoms with Gasteiger partial charge in [0.1, 0.15) is 0 Å². The van der Waals surface area contributed by atoms with Gasteiger partial charge >= 0.3 is 0 Å². The lowest BCUT2D eigenvalue weighted by Gasteiger charge is -2.38. The van der Waals surface area contributed by atoms with Crippen molar-refractivity contribution >= 4 is 0 Å². The fraction of sp³-hybridized carbons (Fsp3) is 0.400. The highest BCUT2D eigenvalue weighted by Gasteiger charge is 2.33. The molecule has 1 aliphatic carbocycles. The molecule has 0 atom stereocenters. The molecule has 110 valence electrons. The van der Waals surface area contributed by atoms with E-state index in [0.29, 0.717) is 5.92 Å². The van der Waals surface area contributed by atoms with E-state index in [-0.39, 0.29) is 5.54 Å². The Labute approximate surface area is 128 Å². The number of aryl methyl sites for hydroxylation is 2. The van der Waals surface area contributed by atoms with Gasteiger partial charge in [-0.2, -0.15) is 0 Å². The third kappa shape index (κ3) is 3.03. The number of hydrogen-bond donors (Lipinski definition) is 1. The lowest BCUT2D eigenvalue weighted by atomic mass is 9.71. The predicted molar refractivity (Wildman–Crippen MR) is 89.4 cm³/mol. The summed E-state index contributed by atoms with van der Waals surface area (Å²) in [6, 6.07) is 17.7. The zero-order valence-electron chi connectivity index (χ0n) is 13.1. The van der Waals surface area contributed by atoms with E-state index in [4.69, 9.17) is 5.73 Å². The van der Waals surface area contributed by atoms with Gasteiger partial charge in [-0.25, -0.2) is 0 Å². The molecule has 2 N–H and O–H groups in total. The number of hydrogen-bond acceptors (Lipinski definition) is 1. The van der Waals surface area contributed by atoms with Crippen LogP contribution in [0.5, 0.6) is 0 Å². The Morgan fingerprint density at radius 2 is 1.48 bits per heavy atom. The number of rotatable bonds is 2. The molecule has 0 bridgehead atoms. The molecule has 0 radical (unpaired) electrons. The molecule has 0 aliphatic heterocycles. The molecule has 1 nitrogen and oxygen atoms in total. The topological polar surface area (TPSA) is 26.0 Å². The quantitative estimate of drug-likeness (QED) is 0.838. The van der Waals surface area contributed by atoms with Gasteiger partial charge in [-0.3, -0.25) is 0 Å². The Morgan fingerprint density at radius 3 is 2.05 bits per heavy atom. The first kappa shape index (κ1) is 14.3. The molecular formula is C20H25N. The molecule has 0 heterocycles. The zero-order chi connectivity index (χ0) is 14.9. The van der Waals surface area contributed by atoms with Gasteiger partial charge in [0.25, 0.3) is 0 Å². The first-order valence-electron chi connectivity index (χ1n) is 7.99. The van der Waals surface area contributed by atoms with Crippen LogP contribution in [0.25, 0.3) is 0 Å². The van der Waals surface area contributed by atoms with Crippen LogP contribution in [-0.4, -0.2) is 0 Å². The van der Waals surface area contributed by atoms with Crippen molar-refractivity contribution in [2.75, 3.05) is 0 Å². The minimum atomic E-state index is -0.137. The summed E-state index contributed by atoms with van der Waals surface area (Å²) in [5.41, 5.74) is 12.1. The molecule has 0 unspecified atom stereocenters. The molecule has 1 fully saturated rings. The lowest BCUT2D eigenvalue weighted by Crippen LogP contribution is -2.40. The van der Waals surface area contributed by atoms with Gasteiger partial charge in [-0.15, -0.1) is 0 Å². The van der Waals surface area contributed by atoms with Crippen LogP contribution in [-0.2, 0) is 5.54 Å². The summed E-state index contributed by atoms with van der Waals surface area (Å²) in [5, 5.41) is 0. The largest absolute Gasteiger partial charge is 0.321 e. The van der Waals surface area contributed by atoms with Gasteiger partial charge in [-0.1, -0.05) is 59.7 Å². The van der Waals surface area contributed by atoms with Crippen molar-refractivity contribution in [3.05, 3.63) is 70.8 Å². The summed E-state index contributed by atoms with van der Waals surface area (Å²) in [4.78, 5) is 0. The van der Waals surface area contributed by atoms with Crippen molar-refractivity contribution < 1.29 is 0 Å². The second kappa shape index (κ2) is 5.65. The van der Waals surface area contributed by atoms with Crippen LogP contribution in [0.4, 0.5) is 0 Å². The van der Waals surface area contributed by atoms with Crippen LogP contribution in [0.2, 0.25) is 0 Å². The van der Waals surface area contributed by atoms with Crippen molar-refractivity contribution in [2.24, 2.45) is 5.73 Å². The first-order chi connectivity index (χ1) is 10.1. The van der Waals surface area contributed by atoms with Gasteiger partial charge in [0.15, 0.2) is 0 Å². The molecule has 3 rings (SSSR count). The summed E-state index contributed by atoms with van der Waals surface area (Å²) in [7, 11) is 0. The molecular weight excluding hydrogens is 254 g/mol. The average Bonchev–Trinajstić information content (AvgIpc) is 2.48. The Bertz CT molecular complexity index is 587. The fourth-order valence-corrected chi connectivity index (χ4v) is 3.74. The average molecular weight is 279 g/mol. The maximum Gasteiger partial charge on any atom is 0.0410 e. The Morgan fingerprint density at radius 1 is 0.905 bits per heavy atom. The summed E-state index contributed by atoms with van der Waals surface area (Å²) < 4.78 is 0. The molecule has 1 heteroatoms. The van der Waals surface area contributed by atoms with Gasteiger partial charge in [0.2, 0.25) is 0 Å². The molecule has 1 aliphatic rings. The zero-order valence-corrected chi connectivity index (χ0v) is 13.1. The maximum absolute atomic E-state index is 6.76. The van der Waals surface area contributed by atoms with Crippen molar-refractivity contribution in [3.8, 4) is 0 Å². The highest BCUT2D eigenvalue weighted by molar-refractivity contribution is 5.34. The van der Waals surface area contributed by atoms with Crippen LogP contribution in [0.1, 0.15) is 53.9 Å². The predicted octanol–water partition coefficient (Wildman–Crippen LogP) is 4.82. The standard InChI is InChI=1S/C20H25N/c1-15-12-16(2)14-19(13-15)20(21)10-8-18(9-11-20)17-6-4-3-5-7-17/h3-7,12-14,18H,8-11,21H2,1-2H3. The summed E-state index contributed by atoms with van der Waals surface area (Å²) >= 11 is 0. The second-order valence-electron chi connectivity index (χ2n) is 6.72. The van der Waals surface area contributed by atoms with Gasteiger partial charge < -0.3 is 5.73 Å². The molecule has 0 saturated heterocycles. The molecule has 2 aromatic carbocycles. The second-order valence-corrected chi connectivity index (χ2v) is 6.72. The van der Waals surface area contributed by atoms with Gasteiger partial charge in [-0.05, 0) is 56.6 Å². The van der Waals surface area contributed by atoms with Crippen molar-refractivity contribution in [1.29, 1.82) is 0 Å². The maximum atomic E-state index is 6.76. The molecule has 1 saturated carbocycles. The smallest absolute Gasteiger partial charge is 0.0410 e. The van der Waals surface area contributed by atoms with E-state index in [1.165, 1.54) is 35.1 Å². The minimum Gasteiger partial charge on any atom is -0.321 e. The van der Waals surface area contributed by atoms with Crippen molar-refractivity contribution in [1.82, 2.24) is 0 Å². The molecule has 21 heavy (non-hydrogen) atoms. The van der Waals surface area contributed by atoms with Crippen molar-refractivity contribution in [2.45, 2.75) is 51.0 Å². The van der Waals surface area contributed by atoms with Crippen LogP contribution in [0.3, 0.4) is 0 Å².